The van der Waals surface area contributed by atoms with Crippen LogP contribution in [0.5, 0.6) is 0 Å². The van der Waals surface area contributed by atoms with Crippen LogP contribution in [0.2, 0.25) is 0 Å². The van der Waals surface area contributed by atoms with Crippen LogP contribution in [-0.4, -0.2) is 10.7 Å². The van der Waals surface area contributed by atoms with E-state index < -0.39 is 5.60 Å². The van der Waals surface area contributed by atoms with E-state index in [1.807, 2.05) is 13.8 Å². The van der Waals surface area contributed by atoms with Crippen LogP contribution in [0.4, 0.5) is 0 Å². The molecule has 11 heavy (non-hydrogen) atoms. The summed E-state index contributed by atoms with van der Waals surface area (Å²) in [5.41, 5.74) is -1.20. The van der Waals surface area contributed by atoms with E-state index in [0.717, 1.165) is 12.8 Å². The van der Waals surface area contributed by atoms with Crippen LogP contribution >= 0.6 is 0 Å². The number of rotatable bonds is 2. The molecule has 1 N–H and O–H groups in total. The summed E-state index contributed by atoms with van der Waals surface area (Å²) < 4.78 is 0. The van der Waals surface area contributed by atoms with E-state index in [2.05, 4.69) is 17.8 Å². The lowest BCUT2D eigenvalue weighted by atomic mass is 10.0. The molecule has 0 radical (unpaired) electrons. The topological polar surface area (TPSA) is 20.2 Å². The summed E-state index contributed by atoms with van der Waals surface area (Å²) in [4.78, 5) is 0. The van der Waals surface area contributed by atoms with Gasteiger partial charge in [-0.05, 0) is 12.8 Å². The molecule has 0 aliphatic rings. The van der Waals surface area contributed by atoms with Crippen LogP contribution in [0.1, 0.15) is 33.1 Å². The van der Waals surface area contributed by atoms with Crippen molar-refractivity contribution in [3.8, 4) is 24.2 Å². The first-order chi connectivity index (χ1) is 5.18. The Balaban J connectivity index is 4.13. The quantitative estimate of drug-likeness (QED) is 0.592. The van der Waals surface area contributed by atoms with E-state index in [-0.39, 0.29) is 0 Å². The Labute approximate surface area is 68.8 Å². The lowest BCUT2D eigenvalue weighted by molar-refractivity contribution is 0.159. The maximum atomic E-state index is 9.45. The van der Waals surface area contributed by atoms with Gasteiger partial charge >= 0.3 is 0 Å². The molecule has 0 saturated carbocycles. The van der Waals surface area contributed by atoms with Crippen LogP contribution in [0.3, 0.4) is 0 Å². The number of hydrogen-bond acceptors (Lipinski definition) is 1. The van der Waals surface area contributed by atoms with Gasteiger partial charge in [0, 0.05) is 6.42 Å². The zero-order chi connectivity index (χ0) is 8.74. The van der Waals surface area contributed by atoms with Crippen molar-refractivity contribution in [2.24, 2.45) is 0 Å². The van der Waals surface area contributed by atoms with Crippen molar-refractivity contribution < 1.29 is 5.11 Å². The smallest absolute Gasteiger partial charge is 0.186 e. The van der Waals surface area contributed by atoms with Crippen molar-refractivity contribution in [1.82, 2.24) is 0 Å². The fraction of sp³-hybridized carbons (Fsp3) is 0.600. The van der Waals surface area contributed by atoms with Crippen LogP contribution < -0.4 is 0 Å². The Morgan fingerprint density at radius 2 is 2.09 bits per heavy atom. The van der Waals surface area contributed by atoms with Crippen molar-refractivity contribution in [3.63, 3.8) is 0 Å². The van der Waals surface area contributed by atoms with Gasteiger partial charge in [-0.3, -0.25) is 0 Å². The van der Waals surface area contributed by atoms with Crippen LogP contribution in [0.25, 0.3) is 0 Å². The minimum Gasteiger partial charge on any atom is -0.367 e. The molecule has 0 aliphatic carbocycles. The van der Waals surface area contributed by atoms with Gasteiger partial charge in [0.25, 0.3) is 0 Å². The van der Waals surface area contributed by atoms with Crippen molar-refractivity contribution >= 4 is 0 Å². The van der Waals surface area contributed by atoms with E-state index in [1.54, 1.807) is 0 Å². The monoisotopic (exact) mass is 150 g/mol. The third-order valence-electron chi connectivity index (χ3n) is 1.42. The number of unbranched alkanes of at least 4 members (excludes halogenated alkanes) is 1. The molecule has 0 fully saturated rings. The molecule has 0 spiro atoms. The molecule has 0 aromatic carbocycles. The molecular formula is C10H14O. The second kappa shape index (κ2) is 4.83. The van der Waals surface area contributed by atoms with Crippen molar-refractivity contribution in [2.75, 3.05) is 0 Å². The summed E-state index contributed by atoms with van der Waals surface area (Å²) in [5, 5.41) is 9.45. The molecule has 0 amide bonds. The summed E-state index contributed by atoms with van der Waals surface area (Å²) in [5.74, 6) is 7.77. The Hall–Kier alpha value is -0.920. The van der Waals surface area contributed by atoms with Gasteiger partial charge in [-0.15, -0.1) is 6.42 Å². The fourth-order valence-corrected chi connectivity index (χ4v) is 0.560. The molecule has 1 nitrogen and oxygen atoms in total. The van der Waals surface area contributed by atoms with Crippen LogP contribution in [0, 0.1) is 24.2 Å². The summed E-state index contributed by atoms with van der Waals surface area (Å²) in [6.07, 6.45) is 7.38. The molecule has 0 heterocycles. The number of hydrogen-bond donors (Lipinski definition) is 1. The van der Waals surface area contributed by atoms with Gasteiger partial charge < -0.3 is 5.11 Å². The zero-order valence-corrected chi connectivity index (χ0v) is 7.15. The lowest BCUT2D eigenvalue weighted by Crippen LogP contribution is -2.22. The number of aliphatic hydroxyl groups is 1. The van der Waals surface area contributed by atoms with E-state index >= 15 is 0 Å². The molecule has 0 aliphatic heterocycles. The van der Waals surface area contributed by atoms with Gasteiger partial charge in [-0.2, -0.15) is 0 Å². The molecule has 0 aromatic rings. The summed E-state index contributed by atoms with van der Waals surface area (Å²) in [7, 11) is 0. The predicted octanol–water partition coefficient (Wildman–Crippen LogP) is 1.56. The zero-order valence-electron chi connectivity index (χ0n) is 7.15. The molecule has 0 aromatic heterocycles. The van der Waals surface area contributed by atoms with Gasteiger partial charge in [0.05, 0.1) is 0 Å². The van der Waals surface area contributed by atoms with Gasteiger partial charge in [0.15, 0.2) is 5.60 Å². The second-order valence-electron chi connectivity index (χ2n) is 2.41. The first-order valence-electron chi connectivity index (χ1n) is 3.88. The maximum absolute atomic E-state index is 9.45. The van der Waals surface area contributed by atoms with E-state index in [4.69, 9.17) is 6.42 Å². The van der Waals surface area contributed by atoms with Gasteiger partial charge in [0.1, 0.15) is 0 Å². The van der Waals surface area contributed by atoms with Crippen LogP contribution in [0.15, 0.2) is 0 Å². The average Bonchev–Trinajstić information content (AvgIpc) is 2.05. The molecule has 1 heteroatoms. The molecule has 1 atom stereocenters. The second-order valence-corrected chi connectivity index (χ2v) is 2.41. The summed E-state index contributed by atoms with van der Waals surface area (Å²) in [6.45, 7) is 3.86. The maximum Gasteiger partial charge on any atom is 0.186 e. The molecule has 60 valence electrons. The highest BCUT2D eigenvalue weighted by atomic mass is 16.3. The predicted molar refractivity (Wildman–Crippen MR) is 46.8 cm³/mol. The van der Waals surface area contributed by atoms with Crippen LogP contribution in [-0.2, 0) is 0 Å². The SMILES string of the molecule is C#CC(O)(C#CCCC)CC. The first kappa shape index (κ1) is 10.1. The minimum absolute atomic E-state index is 0.486. The Kier molecular flexibility index (Phi) is 4.42. The van der Waals surface area contributed by atoms with Crippen molar-refractivity contribution in [1.29, 1.82) is 0 Å². The average molecular weight is 150 g/mol. The van der Waals surface area contributed by atoms with Gasteiger partial charge in [-0.1, -0.05) is 31.6 Å². The molecular weight excluding hydrogens is 136 g/mol. The molecule has 0 saturated heterocycles. The minimum atomic E-state index is -1.20. The van der Waals surface area contributed by atoms with E-state index in [9.17, 15) is 5.11 Å². The highest BCUT2D eigenvalue weighted by Crippen LogP contribution is 2.05. The Bertz CT molecular complexity index is 201. The normalized spacial score (nSPS) is 14.0. The largest absolute Gasteiger partial charge is 0.367 e. The van der Waals surface area contributed by atoms with Gasteiger partial charge in [0.2, 0.25) is 0 Å². The van der Waals surface area contributed by atoms with Crippen molar-refractivity contribution in [2.45, 2.75) is 38.7 Å². The van der Waals surface area contributed by atoms with E-state index in [1.165, 1.54) is 0 Å². The first-order valence-corrected chi connectivity index (χ1v) is 3.88. The Morgan fingerprint density at radius 3 is 2.45 bits per heavy atom. The standard InChI is InChI=1S/C10H14O/c1-4-7-8-9-10(11,5-2)6-3/h2,11H,4,6-7H2,1,3H3. The lowest BCUT2D eigenvalue weighted by Gasteiger charge is -2.10. The highest BCUT2D eigenvalue weighted by Gasteiger charge is 2.16. The fourth-order valence-electron chi connectivity index (χ4n) is 0.560. The van der Waals surface area contributed by atoms with E-state index in [0.29, 0.717) is 6.42 Å². The molecule has 0 rings (SSSR count). The van der Waals surface area contributed by atoms with Crippen molar-refractivity contribution in [3.05, 3.63) is 0 Å². The molecule has 0 bridgehead atoms. The summed E-state index contributed by atoms with van der Waals surface area (Å²) in [6, 6.07) is 0. The number of terminal acetylenes is 1. The van der Waals surface area contributed by atoms with Gasteiger partial charge in [-0.25, -0.2) is 0 Å². The third kappa shape index (κ3) is 3.71. The molecule has 1 unspecified atom stereocenters. The Morgan fingerprint density at radius 1 is 1.45 bits per heavy atom. The summed E-state index contributed by atoms with van der Waals surface area (Å²) >= 11 is 0. The highest BCUT2D eigenvalue weighted by molar-refractivity contribution is 5.26. The third-order valence-corrected chi connectivity index (χ3v) is 1.42.